The molecular formula is C14H19BrFNO. The maximum atomic E-state index is 12.9. The number of carbonyl (C=O) groups excluding carboxylic acids is 1. The minimum atomic E-state index is -0.307. The van der Waals surface area contributed by atoms with E-state index in [1.807, 2.05) is 0 Å². The summed E-state index contributed by atoms with van der Waals surface area (Å²) in [5, 5.41) is 2.85. The minimum Gasteiger partial charge on any atom is -0.355 e. The van der Waals surface area contributed by atoms with Gasteiger partial charge >= 0.3 is 0 Å². The molecule has 1 rings (SSSR count). The molecule has 0 heterocycles. The molecule has 1 amide bonds. The molecule has 4 heteroatoms. The predicted molar refractivity (Wildman–Crippen MR) is 75.3 cm³/mol. The zero-order valence-electron chi connectivity index (χ0n) is 10.7. The van der Waals surface area contributed by atoms with Gasteiger partial charge in [0.1, 0.15) is 5.82 Å². The standard InChI is InChI=1S/C14H19BrFNO/c1-10(2)6-12(15)9-17-14(18)8-11-4-3-5-13(16)7-11/h3-5,7,10,12H,6,8-9H2,1-2H3,(H,17,18). The highest BCUT2D eigenvalue weighted by Crippen LogP contribution is 2.11. The van der Waals surface area contributed by atoms with Crippen LogP contribution in [0.5, 0.6) is 0 Å². The number of hydrogen-bond donors (Lipinski definition) is 1. The molecule has 1 aromatic rings. The fraction of sp³-hybridized carbons (Fsp3) is 0.500. The van der Waals surface area contributed by atoms with Crippen molar-refractivity contribution in [3.05, 3.63) is 35.6 Å². The summed E-state index contributed by atoms with van der Waals surface area (Å²) in [5.41, 5.74) is 0.697. The van der Waals surface area contributed by atoms with Crippen LogP contribution >= 0.6 is 15.9 Å². The van der Waals surface area contributed by atoms with Crippen LogP contribution in [0.25, 0.3) is 0 Å². The van der Waals surface area contributed by atoms with Crippen molar-refractivity contribution < 1.29 is 9.18 Å². The van der Waals surface area contributed by atoms with Gasteiger partial charge in [0, 0.05) is 11.4 Å². The molecule has 1 aromatic carbocycles. The number of hydrogen-bond acceptors (Lipinski definition) is 1. The maximum absolute atomic E-state index is 12.9. The van der Waals surface area contributed by atoms with Gasteiger partial charge in [0.15, 0.2) is 0 Å². The van der Waals surface area contributed by atoms with Crippen molar-refractivity contribution in [1.29, 1.82) is 0 Å². The summed E-state index contributed by atoms with van der Waals surface area (Å²) < 4.78 is 12.9. The van der Waals surface area contributed by atoms with Crippen LogP contribution in [0.2, 0.25) is 0 Å². The molecule has 0 aliphatic heterocycles. The second kappa shape index (κ2) is 7.52. The van der Waals surface area contributed by atoms with Gasteiger partial charge in [-0.2, -0.15) is 0 Å². The van der Waals surface area contributed by atoms with Crippen LogP contribution < -0.4 is 5.32 Å². The first-order valence-corrected chi connectivity index (χ1v) is 7.04. The SMILES string of the molecule is CC(C)CC(Br)CNC(=O)Cc1cccc(F)c1. The van der Waals surface area contributed by atoms with Crippen molar-refractivity contribution in [1.82, 2.24) is 5.32 Å². The quantitative estimate of drug-likeness (QED) is 0.802. The van der Waals surface area contributed by atoms with Crippen LogP contribution in [0.4, 0.5) is 4.39 Å². The number of halogens is 2. The van der Waals surface area contributed by atoms with Gasteiger partial charge in [0.05, 0.1) is 6.42 Å². The van der Waals surface area contributed by atoms with Gasteiger partial charge in [0.25, 0.3) is 0 Å². The predicted octanol–water partition coefficient (Wildman–Crippen LogP) is 3.29. The number of rotatable bonds is 6. The Morgan fingerprint density at radius 2 is 2.17 bits per heavy atom. The third-order valence-electron chi connectivity index (χ3n) is 2.50. The van der Waals surface area contributed by atoms with Gasteiger partial charge in [-0.15, -0.1) is 0 Å². The Kier molecular flexibility index (Phi) is 6.33. The zero-order chi connectivity index (χ0) is 13.5. The molecule has 1 N–H and O–H groups in total. The fourth-order valence-electron chi connectivity index (χ4n) is 1.71. The van der Waals surface area contributed by atoms with Gasteiger partial charge < -0.3 is 5.32 Å². The van der Waals surface area contributed by atoms with Crippen LogP contribution in [-0.2, 0) is 11.2 Å². The molecule has 0 saturated carbocycles. The number of alkyl halides is 1. The van der Waals surface area contributed by atoms with Gasteiger partial charge in [-0.3, -0.25) is 4.79 Å². The highest BCUT2D eigenvalue weighted by molar-refractivity contribution is 9.09. The Balaban J connectivity index is 2.34. The molecule has 100 valence electrons. The molecule has 0 radical (unpaired) electrons. The van der Waals surface area contributed by atoms with Crippen molar-refractivity contribution in [2.45, 2.75) is 31.5 Å². The summed E-state index contributed by atoms with van der Waals surface area (Å²) >= 11 is 3.53. The van der Waals surface area contributed by atoms with Crippen LogP contribution in [0.1, 0.15) is 25.8 Å². The minimum absolute atomic E-state index is 0.0752. The summed E-state index contributed by atoms with van der Waals surface area (Å²) in [7, 11) is 0. The lowest BCUT2D eigenvalue weighted by atomic mass is 10.1. The Morgan fingerprint density at radius 1 is 1.44 bits per heavy atom. The van der Waals surface area contributed by atoms with Crippen molar-refractivity contribution in [3.8, 4) is 0 Å². The Hall–Kier alpha value is -0.900. The monoisotopic (exact) mass is 315 g/mol. The molecule has 1 atom stereocenters. The molecule has 18 heavy (non-hydrogen) atoms. The Labute approximate surface area is 116 Å². The topological polar surface area (TPSA) is 29.1 Å². The lowest BCUT2D eigenvalue weighted by molar-refractivity contribution is -0.120. The normalized spacial score (nSPS) is 12.5. The summed E-state index contributed by atoms with van der Waals surface area (Å²) in [4.78, 5) is 11.9. The van der Waals surface area contributed by atoms with Gasteiger partial charge in [-0.1, -0.05) is 41.9 Å². The molecule has 0 aliphatic carbocycles. The lowest BCUT2D eigenvalue weighted by Crippen LogP contribution is -2.31. The highest BCUT2D eigenvalue weighted by atomic mass is 79.9. The first-order valence-electron chi connectivity index (χ1n) is 6.12. The van der Waals surface area contributed by atoms with Crippen LogP contribution in [0.3, 0.4) is 0 Å². The molecule has 0 fully saturated rings. The Morgan fingerprint density at radius 3 is 2.78 bits per heavy atom. The molecule has 0 aromatic heterocycles. The summed E-state index contributed by atoms with van der Waals surface area (Å²) in [5.74, 6) is 0.210. The van der Waals surface area contributed by atoms with E-state index in [9.17, 15) is 9.18 Å². The van der Waals surface area contributed by atoms with Gasteiger partial charge in [0.2, 0.25) is 5.91 Å². The van der Waals surface area contributed by atoms with E-state index in [0.29, 0.717) is 18.0 Å². The molecule has 2 nitrogen and oxygen atoms in total. The van der Waals surface area contributed by atoms with Crippen LogP contribution in [0.15, 0.2) is 24.3 Å². The number of carbonyl (C=O) groups is 1. The molecule has 0 bridgehead atoms. The summed E-state index contributed by atoms with van der Waals surface area (Å²) in [6.07, 6.45) is 1.24. The van der Waals surface area contributed by atoms with Gasteiger partial charge in [-0.05, 0) is 30.0 Å². The molecule has 0 aliphatic rings. The van der Waals surface area contributed by atoms with Crippen LogP contribution in [-0.4, -0.2) is 17.3 Å². The Bertz CT molecular complexity index is 395. The largest absolute Gasteiger partial charge is 0.355 e. The molecule has 1 unspecified atom stereocenters. The average molecular weight is 316 g/mol. The first kappa shape index (κ1) is 15.2. The second-order valence-electron chi connectivity index (χ2n) is 4.84. The number of benzene rings is 1. The van der Waals surface area contributed by atoms with Crippen molar-refractivity contribution in [2.24, 2.45) is 5.92 Å². The second-order valence-corrected chi connectivity index (χ2v) is 6.13. The lowest BCUT2D eigenvalue weighted by Gasteiger charge is -2.13. The smallest absolute Gasteiger partial charge is 0.224 e. The average Bonchev–Trinajstić information content (AvgIpc) is 2.25. The van der Waals surface area contributed by atoms with E-state index in [1.54, 1.807) is 12.1 Å². The molecule has 0 saturated heterocycles. The van der Waals surface area contributed by atoms with Crippen molar-refractivity contribution >= 4 is 21.8 Å². The van der Waals surface area contributed by atoms with E-state index in [1.165, 1.54) is 12.1 Å². The molecule has 0 spiro atoms. The van der Waals surface area contributed by atoms with E-state index in [4.69, 9.17) is 0 Å². The van der Waals surface area contributed by atoms with E-state index in [-0.39, 0.29) is 23.0 Å². The van der Waals surface area contributed by atoms with E-state index in [0.717, 1.165) is 6.42 Å². The van der Waals surface area contributed by atoms with Gasteiger partial charge in [-0.25, -0.2) is 4.39 Å². The maximum Gasteiger partial charge on any atom is 0.224 e. The first-order chi connectivity index (χ1) is 8.47. The molecular weight excluding hydrogens is 297 g/mol. The van der Waals surface area contributed by atoms with E-state index < -0.39 is 0 Å². The van der Waals surface area contributed by atoms with Crippen molar-refractivity contribution in [2.75, 3.05) is 6.54 Å². The van der Waals surface area contributed by atoms with Crippen LogP contribution in [0, 0.1) is 11.7 Å². The summed E-state index contributed by atoms with van der Waals surface area (Å²) in [6, 6.07) is 6.13. The summed E-state index contributed by atoms with van der Waals surface area (Å²) in [6.45, 7) is 4.89. The zero-order valence-corrected chi connectivity index (χ0v) is 12.3. The highest BCUT2D eigenvalue weighted by Gasteiger charge is 2.09. The third kappa shape index (κ3) is 6.15. The fourth-order valence-corrected chi connectivity index (χ4v) is 2.62. The number of amides is 1. The van der Waals surface area contributed by atoms with E-state index in [2.05, 4.69) is 35.1 Å². The third-order valence-corrected chi connectivity index (χ3v) is 3.20. The van der Waals surface area contributed by atoms with Crippen molar-refractivity contribution in [3.63, 3.8) is 0 Å². The van der Waals surface area contributed by atoms with E-state index >= 15 is 0 Å². The number of nitrogens with one attached hydrogen (secondary N) is 1.